The SMILES string of the molecule is CCSCC[C@H](NC(=O)NC(C)C)C(=O)OC. The summed E-state index contributed by atoms with van der Waals surface area (Å²) >= 11 is 1.73. The monoisotopic (exact) mass is 262 g/mol. The molecule has 5 nitrogen and oxygen atoms in total. The Hall–Kier alpha value is -0.910. The average molecular weight is 262 g/mol. The number of hydrogen-bond donors (Lipinski definition) is 2. The molecule has 0 aliphatic carbocycles. The lowest BCUT2D eigenvalue weighted by Gasteiger charge is -2.17. The van der Waals surface area contributed by atoms with E-state index in [0.29, 0.717) is 6.42 Å². The molecule has 0 aliphatic rings. The Bertz CT molecular complexity index is 247. The number of methoxy groups -OCH3 is 1. The molecule has 0 bridgehead atoms. The van der Waals surface area contributed by atoms with Crippen LogP contribution in [0.15, 0.2) is 0 Å². The summed E-state index contributed by atoms with van der Waals surface area (Å²) in [5.74, 6) is 1.41. The van der Waals surface area contributed by atoms with E-state index in [9.17, 15) is 9.59 Å². The lowest BCUT2D eigenvalue weighted by molar-refractivity contribution is -0.142. The standard InChI is InChI=1S/C11H22N2O3S/c1-5-17-7-6-9(10(14)16-4)13-11(15)12-8(2)3/h8-9H,5-7H2,1-4H3,(H2,12,13,15)/t9-/m0/s1. The smallest absolute Gasteiger partial charge is 0.328 e. The summed E-state index contributed by atoms with van der Waals surface area (Å²) < 4.78 is 4.66. The molecule has 0 aromatic carbocycles. The second kappa shape index (κ2) is 9.15. The minimum atomic E-state index is -0.571. The van der Waals surface area contributed by atoms with Crippen LogP contribution >= 0.6 is 11.8 Å². The van der Waals surface area contributed by atoms with Crippen LogP contribution < -0.4 is 10.6 Å². The van der Waals surface area contributed by atoms with Crippen LogP contribution in [0, 0.1) is 0 Å². The zero-order chi connectivity index (χ0) is 13.3. The van der Waals surface area contributed by atoms with Crippen LogP contribution in [0.25, 0.3) is 0 Å². The maximum atomic E-state index is 11.5. The van der Waals surface area contributed by atoms with Crippen LogP contribution in [-0.4, -0.2) is 42.7 Å². The van der Waals surface area contributed by atoms with Gasteiger partial charge in [-0.2, -0.15) is 11.8 Å². The summed E-state index contributed by atoms with van der Waals surface area (Å²) in [6.07, 6.45) is 0.580. The maximum absolute atomic E-state index is 11.5. The highest BCUT2D eigenvalue weighted by atomic mass is 32.2. The number of hydrogen-bond acceptors (Lipinski definition) is 4. The van der Waals surface area contributed by atoms with E-state index >= 15 is 0 Å². The first-order valence-electron chi connectivity index (χ1n) is 5.73. The topological polar surface area (TPSA) is 67.4 Å². The van der Waals surface area contributed by atoms with E-state index in [1.165, 1.54) is 7.11 Å². The molecule has 2 N–H and O–H groups in total. The third kappa shape index (κ3) is 7.90. The number of carbonyl (C=O) groups excluding carboxylic acids is 2. The van der Waals surface area contributed by atoms with Crippen LogP contribution in [0.3, 0.4) is 0 Å². The Morgan fingerprint density at radius 2 is 1.94 bits per heavy atom. The molecule has 0 aliphatic heterocycles. The van der Waals surface area contributed by atoms with Gasteiger partial charge >= 0.3 is 12.0 Å². The zero-order valence-corrected chi connectivity index (χ0v) is 11.7. The van der Waals surface area contributed by atoms with Gasteiger partial charge in [0.15, 0.2) is 0 Å². The van der Waals surface area contributed by atoms with Crippen molar-refractivity contribution in [2.45, 2.75) is 39.3 Å². The first kappa shape index (κ1) is 16.1. The fourth-order valence-electron chi connectivity index (χ4n) is 1.20. The quantitative estimate of drug-likeness (QED) is 0.537. The largest absolute Gasteiger partial charge is 0.467 e. The molecule has 1 atom stereocenters. The summed E-state index contributed by atoms with van der Waals surface area (Å²) in [7, 11) is 1.32. The van der Waals surface area contributed by atoms with E-state index in [-0.39, 0.29) is 12.1 Å². The fraction of sp³-hybridized carbons (Fsp3) is 0.818. The number of rotatable bonds is 7. The molecule has 0 spiro atoms. The van der Waals surface area contributed by atoms with E-state index < -0.39 is 12.0 Å². The van der Waals surface area contributed by atoms with Gasteiger partial charge in [0, 0.05) is 6.04 Å². The van der Waals surface area contributed by atoms with Gasteiger partial charge in [-0.3, -0.25) is 0 Å². The van der Waals surface area contributed by atoms with E-state index in [1.807, 2.05) is 13.8 Å². The molecule has 0 aromatic heterocycles. The third-order valence-electron chi connectivity index (χ3n) is 1.97. The number of carbonyl (C=O) groups is 2. The molecule has 6 heteroatoms. The molecular formula is C11H22N2O3S. The van der Waals surface area contributed by atoms with Gasteiger partial charge in [0.05, 0.1) is 7.11 Å². The molecular weight excluding hydrogens is 240 g/mol. The number of thioether (sulfide) groups is 1. The van der Waals surface area contributed by atoms with Gasteiger partial charge in [-0.25, -0.2) is 9.59 Å². The van der Waals surface area contributed by atoms with Gasteiger partial charge in [-0.15, -0.1) is 0 Å². The van der Waals surface area contributed by atoms with Gasteiger partial charge in [-0.05, 0) is 31.8 Å². The predicted octanol–water partition coefficient (Wildman–Crippen LogP) is 1.38. The minimum absolute atomic E-state index is 0.0401. The number of amides is 2. The fourth-order valence-corrected chi connectivity index (χ4v) is 1.89. The van der Waals surface area contributed by atoms with Gasteiger partial charge in [-0.1, -0.05) is 6.92 Å². The van der Waals surface area contributed by atoms with Crippen molar-refractivity contribution in [1.29, 1.82) is 0 Å². The van der Waals surface area contributed by atoms with Crippen molar-refractivity contribution in [3.63, 3.8) is 0 Å². The van der Waals surface area contributed by atoms with Crippen molar-refractivity contribution >= 4 is 23.8 Å². The molecule has 0 aromatic rings. The summed E-state index contributed by atoms with van der Waals surface area (Å²) in [4.78, 5) is 22.9. The number of ether oxygens (including phenoxy) is 1. The Balaban J connectivity index is 4.18. The summed E-state index contributed by atoms with van der Waals surface area (Å²) in [6, 6.07) is -0.868. The van der Waals surface area contributed by atoms with E-state index in [0.717, 1.165) is 11.5 Å². The van der Waals surface area contributed by atoms with E-state index in [4.69, 9.17) is 0 Å². The number of urea groups is 1. The molecule has 100 valence electrons. The van der Waals surface area contributed by atoms with Crippen molar-refractivity contribution in [3.8, 4) is 0 Å². The van der Waals surface area contributed by atoms with Crippen molar-refractivity contribution in [1.82, 2.24) is 10.6 Å². The molecule has 0 unspecified atom stereocenters. The molecule has 0 fully saturated rings. The lowest BCUT2D eigenvalue weighted by atomic mass is 10.2. The first-order valence-corrected chi connectivity index (χ1v) is 6.89. The first-order chi connectivity index (χ1) is 8.01. The zero-order valence-electron chi connectivity index (χ0n) is 10.9. The molecule has 0 heterocycles. The van der Waals surface area contributed by atoms with Crippen molar-refractivity contribution in [3.05, 3.63) is 0 Å². The van der Waals surface area contributed by atoms with Crippen LogP contribution in [0.2, 0.25) is 0 Å². The van der Waals surface area contributed by atoms with Gasteiger partial charge in [0.25, 0.3) is 0 Å². The molecule has 0 radical (unpaired) electrons. The summed E-state index contributed by atoms with van der Waals surface area (Å²) in [5, 5.41) is 5.30. The Morgan fingerprint density at radius 1 is 1.29 bits per heavy atom. The van der Waals surface area contributed by atoms with Crippen molar-refractivity contribution < 1.29 is 14.3 Å². The van der Waals surface area contributed by atoms with Gasteiger partial charge in [0.2, 0.25) is 0 Å². The Kier molecular flexibility index (Phi) is 8.66. The molecule has 2 amide bonds. The third-order valence-corrected chi connectivity index (χ3v) is 2.90. The van der Waals surface area contributed by atoms with E-state index in [2.05, 4.69) is 22.3 Å². The number of nitrogens with one attached hydrogen (secondary N) is 2. The minimum Gasteiger partial charge on any atom is -0.467 e. The highest BCUT2D eigenvalue weighted by Gasteiger charge is 2.21. The van der Waals surface area contributed by atoms with Gasteiger partial charge in [0.1, 0.15) is 6.04 Å². The van der Waals surface area contributed by atoms with Crippen LogP contribution in [0.5, 0.6) is 0 Å². The van der Waals surface area contributed by atoms with Crippen LogP contribution in [0.1, 0.15) is 27.2 Å². The van der Waals surface area contributed by atoms with Crippen LogP contribution in [0.4, 0.5) is 4.79 Å². The highest BCUT2D eigenvalue weighted by Crippen LogP contribution is 2.05. The van der Waals surface area contributed by atoms with Crippen molar-refractivity contribution in [2.24, 2.45) is 0 Å². The number of esters is 1. The lowest BCUT2D eigenvalue weighted by Crippen LogP contribution is -2.48. The molecule has 0 rings (SSSR count). The Morgan fingerprint density at radius 3 is 2.41 bits per heavy atom. The maximum Gasteiger partial charge on any atom is 0.328 e. The normalized spacial score (nSPS) is 12.1. The summed E-state index contributed by atoms with van der Waals surface area (Å²) in [6.45, 7) is 5.77. The highest BCUT2D eigenvalue weighted by molar-refractivity contribution is 7.99. The molecule has 0 saturated carbocycles. The molecule has 17 heavy (non-hydrogen) atoms. The van der Waals surface area contributed by atoms with Crippen molar-refractivity contribution in [2.75, 3.05) is 18.6 Å². The second-order valence-electron chi connectivity index (χ2n) is 3.83. The van der Waals surface area contributed by atoms with Crippen LogP contribution in [-0.2, 0) is 9.53 Å². The van der Waals surface area contributed by atoms with E-state index in [1.54, 1.807) is 11.8 Å². The van der Waals surface area contributed by atoms with Gasteiger partial charge < -0.3 is 15.4 Å². The summed E-state index contributed by atoms with van der Waals surface area (Å²) in [5.41, 5.74) is 0. The predicted molar refractivity (Wildman–Crippen MR) is 70.2 cm³/mol. The molecule has 0 saturated heterocycles. The Labute approximate surface area is 107 Å². The second-order valence-corrected chi connectivity index (χ2v) is 5.23. The average Bonchev–Trinajstić information content (AvgIpc) is 2.26.